The third kappa shape index (κ3) is 4.91. The van der Waals surface area contributed by atoms with Gasteiger partial charge in [0.25, 0.3) is 0 Å². The van der Waals surface area contributed by atoms with Crippen molar-refractivity contribution in [2.24, 2.45) is 0 Å². The molecule has 0 heterocycles. The quantitative estimate of drug-likeness (QED) is 0.836. The standard InChI is InChI=1S/C19H16F3N3O2/c20-19(21,22)13-4-6-16(7-5-13)27-17-9-15(10-17)25-18(26)24-14-3-1-2-12(8-14)11-23/h1-8,15,17H,9-10H2,(H2,24,25,26)/t15-,17-. The smallest absolute Gasteiger partial charge is 0.416 e. The van der Waals surface area contributed by atoms with E-state index in [1.165, 1.54) is 12.1 Å². The maximum Gasteiger partial charge on any atom is 0.416 e. The Morgan fingerprint density at radius 2 is 1.85 bits per heavy atom. The molecule has 140 valence electrons. The van der Waals surface area contributed by atoms with Gasteiger partial charge in [0.1, 0.15) is 11.9 Å². The summed E-state index contributed by atoms with van der Waals surface area (Å²) in [6.07, 6.45) is -3.40. The highest BCUT2D eigenvalue weighted by Gasteiger charge is 2.33. The van der Waals surface area contributed by atoms with Crippen LogP contribution in [0.4, 0.5) is 23.7 Å². The number of hydrogen-bond acceptors (Lipinski definition) is 3. The molecule has 0 spiro atoms. The minimum absolute atomic E-state index is 0.0800. The molecule has 0 aliphatic heterocycles. The van der Waals surface area contributed by atoms with Crippen LogP contribution >= 0.6 is 0 Å². The maximum atomic E-state index is 12.5. The molecule has 0 saturated heterocycles. The van der Waals surface area contributed by atoms with Crippen LogP contribution < -0.4 is 15.4 Å². The number of carbonyl (C=O) groups is 1. The molecule has 1 saturated carbocycles. The first kappa shape index (κ1) is 18.6. The fourth-order valence-corrected chi connectivity index (χ4v) is 2.71. The lowest BCUT2D eigenvalue weighted by atomic mass is 9.89. The Kier molecular flexibility index (Phi) is 5.21. The molecule has 1 aliphatic rings. The van der Waals surface area contributed by atoms with Crippen molar-refractivity contribution in [3.05, 3.63) is 59.7 Å². The Hall–Kier alpha value is -3.21. The summed E-state index contributed by atoms with van der Waals surface area (Å²) in [7, 11) is 0. The molecule has 1 fully saturated rings. The van der Waals surface area contributed by atoms with Crippen LogP contribution in [0.5, 0.6) is 5.75 Å². The van der Waals surface area contributed by atoms with E-state index in [9.17, 15) is 18.0 Å². The van der Waals surface area contributed by atoms with Crippen LogP contribution in [-0.4, -0.2) is 18.2 Å². The normalized spacial score (nSPS) is 18.7. The number of nitriles is 1. The van der Waals surface area contributed by atoms with Gasteiger partial charge in [-0.25, -0.2) is 4.79 Å². The van der Waals surface area contributed by atoms with Crippen molar-refractivity contribution in [3.8, 4) is 11.8 Å². The van der Waals surface area contributed by atoms with Crippen molar-refractivity contribution in [3.63, 3.8) is 0 Å². The van der Waals surface area contributed by atoms with E-state index in [2.05, 4.69) is 10.6 Å². The first-order chi connectivity index (χ1) is 12.8. The van der Waals surface area contributed by atoms with E-state index in [0.717, 1.165) is 12.1 Å². The second kappa shape index (κ2) is 7.58. The van der Waals surface area contributed by atoms with E-state index < -0.39 is 11.7 Å². The van der Waals surface area contributed by atoms with Crippen LogP contribution in [0, 0.1) is 11.3 Å². The van der Waals surface area contributed by atoms with Crippen LogP contribution in [0.15, 0.2) is 48.5 Å². The molecule has 2 aromatic rings. The Labute approximate surface area is 153 Å². The monoisotopic (exact) mass is 375 g/mol. The highest BCUT2D eigenvalue weighted by Crippen LogP contribution is 2.32. The van der Waals surface area contributed by atoms with Gasteiger partial charge in [0, 0.05) is 24.6 Å². The second-order valence-electron chi connectivity index (χ2n) is 6.22. The predicted molar refractivity (Wildman–Crippen MR) is 92.2 cm³/mol. The van der Waals surface area contributed by atoms with E-state index in [4.69, 9.17) is 10.00 Å². The highest BCUT2D eigenvalue weighted by atomic mass is 19.4. The van der Waals surface area contributed by atoms with Crippen molar-refractivity contribution in [2.75, 3.05) is 5.32 Å². The van der Waals surface area contributed by atoms with Gasteiger partial charge in [-0.1, -0.05) is 6.07 Å². The van der Waals surface area contributed by atoms with Crippen molar-refractivity contribution in [1.82, 2.24) is 5.32 Å². The number of ether oxygens (including phenoxy) is 1. The fourth-order valence-electron chi connectivity index (χ4n) is 2.71. The van der Waals surface area contributed by atoms with Gasteiger partial charge >= 0.3 is 12.2 Å². The predicted octanol–water partition coefficient (Wildman–Crippen LogP) is 4.31. The molecule has 2 amide bonds. The summed E-state index contributed by atoms with van der Waals surface area (Å²) in [6, 6.07) is 12.6. The topological polar surface area (TPSA) is 74.2 Å². The van der Waals surface area contributed by atoms with Crippen LogP contribution in [0.25, 0.3) is 0 Å². The number of nitrogens with one attached hydrogen (secondary N) is 2. The van der Waals surface area contributed by atoms with Crippen LogP contribution in [0.2, 0.25) is 0 Å². The Balaban J connectivity index is 1.43. The fraction of sp³-hybridized carbons (Fsp3) is 0.263. The van der Waals surface area contributed by atoms with Gasteiger partial charge in [0.15, 0.2) is 0 Å². The summed E-state index contributed by atoms with van der Waals surface area (Å²) in [5.41, 5.74) is 0.241. The Bertz CT molecular complexity index is 854. The number of benzene rings is 2. The number of amides is 2. The molecule has 2 aromatic carbocycles. The zero-order valence-electron chi connectivity index (χ0n) is 14.1. The van der Waals surface area contributed by atoms with Crippen LogP contribution in [0.3, 0.4) is 0 Å². The molecule has 0 bridgehead atoms. The minimum atomic E-state index is -4.37. The lowest BCUT2D eigenvalue weighted by Crippen LogP contribution is -2.50. The molecule has 0 aromatic heterocycles. The highest BCUT2D eigenvalue weighted by molar-refractivity contribution is 5.89. The zero-order valence-corrected chi connectivity index (χ0v) is 14.1. The summed E-state index contributed by atoms with van der Waals surface area (Å²) in [5, 5.41) is 14.3. The van der Waals surface area contributed by atoms with Gasteiger partial charge in [-0.05, 0) is 42.5 Å². The molecule has 3 rings (SSSR count). The number of hydrogen-bond donors (Lipinski definition) is 2. The van der Waals surface area contributed by atoms with Crippen molar-refractivity contribution in [1.29, 1.82) is 5.26 Å². The van der Waals surface area contributed by atoms with E-state index in [1.807, 2.05) is 6.07 Å². The largest absolute Gasteiger partial charge is 0.490 e. The van der Waals surface area contributed by atoms with Crippen LogP contribution in [-0.2, 0) is 6.18 Å². The molecule has 5 nitrogen and oxygen atoms in total. The van der Waals surface area contributed by atoms with Crippen molar-refractivity contribution < 1.29 is 22.7 Å². The summed E-state index contributed by atoms with van der Waals surface area (Å²) in [6.45, 7) is 0. The average Bonchev–Trinajstić information content (AvgIpc) is 2.59. The first-order valence-electron chi connectivity index (χ1n) is 8.25. The van der Waals surface area contributed by atoms with E-state index in [0.29, 0.717) is 29.8 Å². The number of carbonyl (C=O) groups excluding carboxylic acids is 1. The van der Waals surface area contributed by atoms with Gasteiger partial charge in [-0.15, -0.1) is 0 Å². The molecular weight excluding hydrogens is 359 g/mol. The molecular formula is C19H16F3N3O2. The molecule has 8 heteroatoms. The minimum Gasteiger partial charge on any atom is -0.490 e. The van der Waals surface area contributed by atoms with Gasteiger partial charge in [-0.2, -0.15) is 18.4 Å². The molecule has 27 heavy (non-hydrogen) atoms. The van der Waals surface area contributed by atoms with E-state index in [1.54, 1.807) is 24.3 Å². The molecule has 1 aliphatic carbocycles. The SMILES string of the molecule is N#Cc1cccc(NC(=O)N[C@H]2C[C@H](Oc3ccc(C(F)(F)F)cc3)C2)c1. The third-order valence-corrected chi connectivity index (χ3v) is 4.16. The lowest BCUT2D eigenvalue weighted by Gasteiger charge is -2.35. The average molecular weight is 375 g/mol. The van der Waals surface area contributed by atoms with Crippen LogP contribution in [0.1, 0.15) is 24.0 Å². The molecule has 0 radical (unpaired) electrons. The maximum absolute atomic E-state index is 12.5. The van der Waals surface area contributed by atoms with Crippen molar-refractivity contribution in [2.45, 2.75) is 31.2 Å². The van der Waals surface area contributed by atoms with Gasteiger partial charge in [-0.3, -0.25) is 0 Å². The third-order valence-electron chi connectivity index (χ3n) is 4.16. The van der Waals surface area contributed by atoms with Crippen molar-refractivity contribution >= 4 is 11.7 Å². The second-order valence-corrected chi connectivity index (χ2v) is 6.22. The Morgan fingerprint density at radius 3 is 2.48 bits per heavy atom. The summed E-state index contributed by atoms with van der Waals surface area (Å²) in [5.74, 6) is 0.365. The molecule has 0 atom stereocenters. The number of halogens is 3. The summed E-state index contributed by atoms with van der Waals surface area (Å²) in [4.78, 5) is 12.0. The zero-order chi connectivity index (χ0) is 19.4. The van der Waals surface area contributed by atoms with Gasteiger partial charge < -0.3 is 15.4 Å². The first-order valence-corrected chi connectivity index (χ1v) is 8.25. The number of rotatable bonds is 4. The van der Waals surface area contributed by atoms with Gasteiger partial charge in [0.05, 0.1) is 17.2 Å². The number of urea groups is 1. The number of alkyl halides is 3. The van der Waals surface area contributed by atoms with E-state index >= 15 is 0 Å². The van der Waals surface area contributed by atoms with E-state index in [-0.39, 0.29) is 18.2 Å². The number of anilines is 1. The summed E-state index contributed by atoms with van der Waals surface area (Å²) < 4.78 is 43.2. The molecule has 0 unspecified atom stereocenters. The lowest BCUT2D eigenvalue weighted by molar-refractivity contribution is -0.137. The Morgan fingerprint density at radius 1 is 1.15 bits per heavy atom. The van der Waals surface area contributed by atoms with Gasteiger partial charge in [0.2, 0.25) is 0 Å². The summed E-state index contributed by atoms with van der Waals surface area (Å²) >= 11 is 0. The number of nitrogens with zero attached hydrogens (tertiary/aromatic N) is 1. The molecule has 2 N–H and O–H groups in total.